The highest BCUT2D eigenvalue weighted by Crippen LogP contribution is 2.48. The lowest BCUT2D eigenvalue weighted by Crippen LogP contribution is -2.60. The van der Waals surface area contributed by atoms with Gasteiger partial charge in [0.05, 0.1) is 37.1 Å². The van der Waals surface area contributed by atoms with Gasteiger partial charge in [0, 0.05) is 12.3 Å². The van der Waals surface area contributed by atoms with Crippen LogP contribution in [0.25, 0.3) is 0 Å². The topological polar surface area (TPSA) is 164 Å². The summed E-state index contributed by atoms with van der Waals surface area (Å²) in [6, 6.07) is 6.44. The average molecular weight is 482 g/mol. The summed E-state index contributed by atoms with van der Waals surface area (Å²) in [7, 11) is 1.52. The number of ether oxygens (including phenoxy) is 5. The monoisotopic (exact) mass is 482 g/mol. The fourth-order valence-electron chi connectivity index (χ4n) is 4.82. The van der Waals surface area contributed by atoms with Crippen molar-refractivity contribution in [2.24, 2.45) is 11.8 Å². The molecule has 11 nitrogen and oxygen atoms in total. The largest absolute Gasteiger partial charge is 0.497 e. The maximum Gasteiger partial charge on any atom is 0.338 e. The molecular formula is C23H30O11. The van der Waals surface area contributed by atoms with Gasteiger partial charge in [0.15, 0.2) is 6.29 Å². The van der Waals surface area contributed by atoms with E-state index in [-0.39, 0.29) is 6.42 Å². The maximum atomic E-state index is 12.7. The van der Waals surface area contributed by atoms with Crippen LogP contribution >= 0.6 is 0 Å². The van der Waals surface area contributed by atoms with Crippen LogP contribution in [-0.2, 0) is 18.9 Å². The number of aliphatic hydroxyl groups is 5. The number of hydrogen-bond donors (Lipinski definition) is 5. The number of carbonyl (C=O) groups excluding carboxylic acids is 1. The fraction of sp³-hybridized carbons (Fsp3) is 0.609. The van der Waals surface area contributed by atoms with Gasteiger partial charge >= 0.3 is 5.97 Å². The Labute approximate surface area is 196 Å². The van der Waals surface area contributed by atoms with Crippen LogP contribution in [0, 0.1) is 11.8 Å². The Morgan fingerprint density at radius 2 is 1.82 bits per heavy atom. The van der Waals surface area contributed by atoms with E-state index in [1.807, 2.05) is 0 Å². The van der Waals surface area contributed by atoms with Crippen molar-refractivity contribution in [1.82, 2.24) is 0 Å². The molecule has 5 N–H and O–H groups in total. The van der Waals surface area contributed by atoms with Gasteiger partial charge in [0.2, 0.25) is 6.29 Å². The number of methoxy groups -OCH3 is 1. The molecule has 188 valence electrons. The summed E-state index contributed by atoms with van der Waals surface area (Å²) < 4.78 is 27.5. The Morgan fingerprint density at radius 1 is 1.12 bits per heavy atom. The molecule has 0 unspecified atom stereocenters. The molecule has 1 aromatic carbocycles. The van der Waals surface area contributed by atoms with Gasteiger partial charge < -0.3 is 49.2 Å². The van der Waals surface area contributed by atoms with Crippen LogP contribution in [0.4, 0.5) is 0 Å². The molecule has 0 aromatic heterocycles. The van der Waals surface area contributed by atoms with E-state index < -0.39 is 73.1 Å². The van der Waals surface area contributed by atoms with Gasteiger partial charge in [-0.05, 0) is 37.3 Å². The fourth-order valence-corrected chi connectivity index (χ4v) is 4.82. The molecule has 0 amide bonds. The van der Waals surface area contributed by atoms with Crippen LogP contribution in [0.2, 0.25) is 0 Å². The van der Waals surface area contributed by atoms with Crippen molar-refractivity contribution in [2.75, 3.05) is 13.7 Å². The molecule has 4 rings (SSSR count). The molecule has 2 aliphatic heterocycles. The third-order valence-electron chi connectivity index (χ3n) is 6.68. The Kier molecular flexibility index (Phi) is 7.15. The number of fused-ring (bicyclic) bond motifs is 1. The summed E-state index contributed by atoms with van der Waals surface area (Å²) in [5.41, 5.74) is -1.05. The number of benzene rings is 1. The molecule has 1 aliphatic carbocycles. The standard InChI is InChI=1S/C23H30O11/c1-23(29)9-14(32-20(28)11-3-5-12(30-2)6-4-11)13-7-8-31-21(16(13)23)34-22-19(27)18(26)17(25)15(10-24)33-22/h3-8,13-19,21-22,24-27,29H,9-10H2,1-2H3/t13-,14+,15-,16+,17+,18+,19+,21-,22-,23-/m0/s1. The third-order valence-corrected chi connectivity index (χ3v) is 6.68. The number of aliphatic hydroxyl groups excluding tert-OH is 4. The van der Waals surface area contributed by atoms with E-state index in [0.29, 0.717) is 11.3 Å². The lowest BCUT2D eigenvalue weighted by atomic mass is 9.85. The lowest BCUT2D eigenvalue weighted by Gasteiger charge is -2.43. The van der Waals surface area contributed by atoms with Crippen LogP contribution in [0.5, 0.6) is 5.75 Å². The predicted octanol–water partition coefficient (Wildman–Crippen LogP) is -0.706. The number of esters is 1. The van der Waals surface area contributed by atoms with Gasteiger partial charge in [-0.3, -0.25) is 0 Å². The molecule has 11 heteroatoms. The van der Waals surface area contributed by atoms with Crippen molar-refractivity contribution in [3.63, 3.8) is 0 Å². The smallest absolute Gasteiger partial charge is 0.338 e. The van der Waals surface area contributed by atoms with E-state index in [4.69, 9.17) is 23.7 Å². The second kappa shape index (κ2) is 9.78. The van der Waals surface area contributed by atoms with Gasteiger partial charge in [0.25, 0.3) is 0 Å². The summed E-state index contributed by atoms with van der Waals surface area (Å²) >= 11 is 0. The second-order valence-electron chi connectivity index (χ2n) is 9.00. The molecule has 1 saturated heterocycles. The Hall–Kier alpha value is -2.25. The number of carbonyl (C=O) groups is 1. The number of rotatable bonds is 6. The molecule has 1 saturated carbocycles. The zero-order chi connectivity index (χ0) is 24.6. The van der Waals surface area contributed by atoms with Crippen LogP contribution in [-0.4, -0.2) is 93.9 Å². The first-order valence-corrected chi connectivity index (χ1v) is 11.0. The van der Waals surface area contributed by atoms with Crippen molar-refractivity contribution in [2.45, 2.75) is 62.0 Å². The summed E-state index contributed by atoms with van der Waals surface area (Å²) in [6.45, 7) is 0.960. The summed E-state index contributed by atoms with van der Waals surface area (Å²) in [5, 5.41) is 50.8. The van der Waals surface area contributed by atoms with Crippen LogP contribution < -0.4 is 4.74 Å². The quantitative estimate of drug-likeness (QED) is 0.326. The van der Waals surface area contributed by atoms with Gasteiger partial charge in [-0.15, -0.1) is 0 Å². The highest BCUT2D eigenvalue weighted by molar-refractivity contribution is 5.89. The first-order chi connectivity index (χ1) is 16.2. The van der Waals surface area contributed by atoms with Crippen molar-refractivity contribution in [3.8, 4) is 5.75 Å². The molecular weight excluding hydrogens is 452 g/mol. The molecule has 2 heterocycles. The van der Waals surface area contributed by atoms with Crippen LogP contribution in [0.15, 0.2) is 36.6 Å². The summed E-state index contributed by atoms with van der Waals surface area (Å²) in [5.74, 6) is -1.14. The van der Waals surface area contributed by atoms with Crippen LogP contribution in [0.1, 0.15) is 23.7 Å². The SMILES string of the molecule is COc1ccc(C(=O)O[C@@H]2C[C@](C)(O)[C@H]3[C@H](O[C@@H]4O[C@@H](CO)[C@@H](O)[C@@H](O)[C@H]4O)OC=C[C@H]32)cc1. The van der Waals surface area contributed by atoms with Crippen molar-refractivity contribution < 1.29 is 54.0 Å². The van der Waals surface area contributed by atoms with E-state index >= 15 is 0 Å². The molecule has 34 heavy (non-hydrogen) atoms. The van der Waals surface area contributed by atoms with E-state index in [2.05, 4.69) is 0 Å². The molecule has 1 aromatic rings. The maximum absolute atomic E-state index is 12.7. The third kappa shape index (κ3) is 4.65. The average Bonchev–Trinajstić information content (AvgIpc) is 3.09. The Balaban J connectivity index is 1.48. The molecule has 2 fully saturated rings. The minimum absolute atomic E-state index is 0.104. The summed E-state index contributed by atoms with van der Waals surface area (Å²) in [4.78, 5) is 12.7. The van der Waals surface area contributed by atoms with E-state index in [9.17, 15) is 30.3 Å². The van der Waals surface area contributed by atoms with Crippen LogP contribution in [0.3, 0.4) is 0 Å². The first kappa shape index (κ1) is 24.9. The molecule has 0 radical (unpaired) electrons. The van der Waals surface area contributed by atoms with Gasteiger partial charge in [0.1, 0.15) is 36.3 Å². The predicted molar refractivity (Wildman–Crippen MR) is 113 cm³/mol. The minimum Gasteiger partial charge on any atom is -0.497 e. The van der Waals surface area contributed by atoms with E-state index in [1.54, 1.807) is 37.3 Å². The van der Waals surface area contributed by atoms with E-state index in [1.165, 1.54) is 13.4 Å². The lowest BCUT2D eigenvalue weighted by molar-refractivity contribution is -0.346. The minimum atomic E-state index is -1.62. The van der Waals surface area contributed by atoms with Crippen molar-refractivity contribution in [3.05, 3.63) is 42.2 Å². The Morgan fingerprint density at radius 3 is 2.47 bits per heavy atom. The normalized spacial score (nSPS) is 41.4. The van der Waals surface area contributed by atoms with E-state index in [0.717, 1.165) is 0 Å². The molecule has 3 aliphatic rings. The highest BCUT2D eigenvalue weighted by atomic mass is 16.8. The second-order valence-corrected chi connectivity index (χ2v) is 9.00. The van der Waals surface area contributed by atoms with Crippen molar-refractivity contribution >= 4 is 5.97 Å². The summed E-state index contributed by atoms with van der Waals surface area (Å²) in [6.07, 6.45) is -6.05. The number of hydrogen-bond acceptors (Lipinski definition) is 11. The zero-order valence-electron chi connectivity index (χ0n) is 18.8. The van der Waals surface area contributed by atoms with Gasteiger partial charge in [-0.2, -0.15) is 0 Å². The first-order valence-electron chi connectivity index (χ1n) is 11.0. The zero-order valence-corrected chi connectivity index (χ0v) is 18.8. The van der Waals surface area contributed by atoms with Gasteiger partial charge in [-0.1, -0.05) is 0 Å². The highest BCUT2D eigenvalue weighted by Gasteiger charge is 2.58. The molecule has 0 bridgehead atoms. The molecule has 10 atom stereocenters. The Bertz CT molecular complexity index is 883. The van der Waals surface area contributed by atoms with Gasteiger partial charge in [-0.25, -0.2) is 4.79 Å². The van der Waals surface area contributed by atoms with Crippen molar-refractivity contribution in [1.29, 1.82) is 0 Å². The molecule has 0 spiro atoms.